The van der Waals surface area contributed by atoms with Crippen LogP contribution in [0, 0.1) is 5.82 Å². The van der Waals surface area contributed by atoms with E-state index >= 15 is 0 Å². The lowest BCUT2D eigenvalue weighted by Gasteiger charge is -2.28. The molecule has 1 aliphatic rings. The van der Waals surface area contributed by atoms with Crippen LogP contribution in [0.4, 0.5) is 4.39 Å². The predicted octanol–water partition coefficient (Wildman–Crippen LogP) is 0.328. The van der Waals surface area contributed by atoms with Gasteiger partial charge in [-0.15, -0.1) is 0 Å². The number of rotatable bonds is 7. The number of benzene rings is 2. The van der Waals surface area contributed by atoms with Crippen LogP contribution >= 0.6 is 0 Å². The Kier molecular flexibility index (Phi) is 7.11. The van der Waals surface area contributed by atoms with Gasteiger partial charge in [-0.1, -0.05) is 42.5 Å². The molecule has 3 rings (SSSR count). The normalized spacial score (nSPS) is 15.6. The van der Waals surface area contributed by atoms with Gasteiger partial charge in [-0.25, -0.2) is 4.39 Å². The molecule has 0 unspecified atom stereocenters. The minimum absolute atomic E-state index is 0.0762. The second kappa shape index (κ2) is 9.96. The first-order valence-corrected chi connectivity index (χ1v) is 9.42. The smallest absolute Gasteiger partial charge is 0.254 e. The number of nitrogens with one attached hydrogen (secondary N) is 3. The summed E-state index contributed by atoms with van der Waals surface area (Å²) in [4.78, 5) is 25.9. The van der Waals surface area contributed by atoms with Gasteiger partial charge in [-0.05, 0) is 17.7 Å². The monoisotopic (exact) mass is 386 g/mol. The third kappa shape index (κ3) is 5.61. The van der Waals surface area contributed by atoms with Crippen molar-refractivity contribution in [1.29, 1.82) is 0 Å². The van der Waals surface area contributed by atoms with Crippen molar-refractivity contribution in [2.45, 2.75) is 6.04 Å². The molecule has 0 aromatic heterocycles. The van der Waals surface area contributed by atoms with E-state index < -0.39 is 11.7 Å². The molecular formula is C21H25FN3O3+. The fourth-order valence-electron chi connectivity index (χ4n) is 3.24. The SMILES string of the molecule is O=C(CNC(=O)c1ccccc1F)N[C@H](C[NH+]1CCOCC1)c1ccccc1. The second-order valence-corrected chi connectivity index (χ2v) is 6.76. The Labute approximate surface area is 163 Å². The molecule has 0 bridgehead atoms. The summed E-state index contributed by atoms with van der Waals surface area (Å²) in [5, 5.41) is 5.48. The summed E-state index contributed by atoms with van der Waals surface area (Å²) in [7, 11) is 0. The summed E-state index contributed by atoms with van der Waals surface area (Å²) in [5.74, 6) is -1.53. The van der Waals surface area contributed by atoms with Crippen LogP contribution in [-0.2, 0) is 9.53 Å². The number of morpholine rings is 1. The van der Waals surface area contributed by atoms with E-state index in [9.17, 15) is 14.0 Å². The summed E-state index contributed by atoms with van der Waals surface area (Å²) in [6.45, 7) is 3.73. The molecule has 1 fully saturated rings. The second-order valence-electron chi connectivity index (χ2n) is 6.76. The van der Waals surface area contributed by atoms with Gasteiger partial charge in [0.1, 0.15) is 31.5 Å². The Hall–Kier alpha value is -2.77. The van der Waals surface area contributed by atoms with Crippen molar-refractivity contribution in [3.8, 4) is 0 Å². The molecule has 2 aromatic carbocycles. The summed E-state index contributed by atoms with van der Waals surface area (Å²) in [6, 6.07) is 15.3. The molecule has 6 nitrogen and oxygen atoms in total. The number of hydrogen-bond donors (Lipinski definition) is 3. The first-order valence-electron chi connectivity index (χ1n) is 9.42. The molecule has 0 radical (unpaired) electrons. The molecule has 28 heavy (non-hydrogen) atoms. The number of quaternary nitrogens is 1. The number of carbonyl (C=O) groups is 2. The molecule has 0 aliphatic carbocycles. The minimum atomic E-state index is -0.613. The van der Waals surface area contributed by atoms with Crippen LogP contribution in [0.5, 0.6) is 0 Å². The highest BCUT2D eigenvalue weighted by Gasteiger charge is 2.23. The summed E-state index contributed by atoms with van der Waals surface area (Å²) in [6.07, 6.45) is 0. The van der Waals surface area contributed by atoms with Crippen LogP contribution in [0.15, 0.2) is 54.6 Å². The van der Waals surface area contributed by atoms with Gasteiger partial charge < -0.3 is 20.3 Å². The van der Waals surface area contributed by atoms with Crippen LogP contribution in [0.2, 0.25) is 0 Å². The van der Waals surface area contributed by atoms with E-state index in [4.69, 9.17) is 4.74 Å². The Bertz CT molecular complexity index is 794. The topological polar surface area (TPSA) is 71.9 Å². The van der Waals surface area contributed by atoms with Crippen LogP contribution < -0.4 is 15.5 Å². The lowest BCUT2D eigenvalue weighted by molar-refractivity contribution is -0.909. The highest BCUT2D eigenvalue weighted by Crippen LogP contribution is 2.11. The lowest BCUT2D eigenvalue weighted by atomic mass is 10.1. The van der Waals surface area contributed by atoms with E-state index in [1.54, 1.807) is 6.07 Å². The Morgan fingerprint density at radius 1 is 1.04 bits per heavy atom. The van der Waals surface area contributed by atoms with E-state index in [1.807, 2.05) is 30.3 Å². The fourth-order valence-corrected chi connectivity index (χ4v) is 3.24. The maximum Gasteiger partial charge on any atom is 0.254 e. The van der Waals surface area contributed by atoms with E-state index in [-0.39, 0.29) is 24.1 Å². The number of ether oxygens (including phenoxy) is 1. The number of carbonyl (C=O) groups excluding carboxylic acids is 2. The summed E-state index contributed by atoms with van der Waals surface area (Å²) < 4.78 is 19.1. The van der Waals surface area contributed by atoms with E-state index in [1.165, 1.54) is 23.1 Å². The Morgan fingerprint density at radius 3 is 2.43 bits per heavy atom. The van der Waals surface area contributed by atoms with Gasteiger partial charge in [-0.2, -0.15) is 0 Å². The molecule has 2 amide bonds. The van der Waals surface area contributed by atoms with Gasteiger partial charge >= 0.3 is 0 Å². The molecule has 1 heterocycles. The molecule has 1 aliphatic heterocycles. The standard InChI is InChI=1S/C21H24FN3O3/c22-18-9-5-4-8-17(18)21(27)23-14-20(26)24-19(16-6-2-1-3-7-16)15-25-10-12-28-13-11-25/h1-9,19H,10-15H2,(H,23,27)(H,24,26)/p+1/t19-/m1/s1. The Balaban J connectivity index is 1.59. The third-order valence-electron chi connectivity index (χ3n) is 4.76. The Morgan fingerprint density at radius 2 is 1.71 bits per heavy atom. The summed E-state index contributed by atoms with van der Waals surface area (Å²) >= 11 is 0. The first-order chi connectivity index (χ1) is 13.6. The quantitative estimate of drug-likeness (QED) is 0.642. The van der Waals surface area contributed by atoms with Crippen molar-refractivity contribution in [2.75, 3.05) is 39.4 Å². The molecule has 3 N–H and O–H groups in total. The number of hydrogen-bond acceptors (Lipinski definition) is 3. The zero-order valence-electron chi connectivity index (χ0n) is 15.6. The molecule has 0 spiro atoms. The minimum Gasteiger partial charge on any atom is -0.370 e. The van der Waals surface area contributed by atoms with Gasteiger partial charge in [0.25, 0.3) is 5.91 Å². The van der Waals surface area contributed by atoms with Crippen LogP contribution in [0.1, 0.15) is 22.0 Å². The van der Waals surface area contributed by atoms with Crippen LogP contribution in [-0.4, -0.2) is 51.2 Å². The predicted molar refractivity (Wildman–Crippen MR) is 102 cm³/mol. The van der Waals surface area contributed by atoms with Gasteiger partial charge in [0.05, 0.1) is 25.3 Å². The van der Waals surface area contributed by atoms with E-state index in [0.29, 0.717) is 13.2 Å². The lowest BCUT2D eigenvalue weighted by Crippen LogP contribution is -3.14. The zero-order valence-corrected chi connectivity index (χ0v) is 15.6. The van der Waals surface area contributed by atoms with Crippen molar-refractivity contribution in [2.24, 2.45) is 0 Å². The van der Waals surface area contributed by atoms with Crippen molar-refractivity contribution in [1.82, 2.24) is 10.6 Å². The molecule has 1 atom stereocenters. The van der Waals surface area contributed by atoms with Crippen molar-refractivity contribution in [3.63, 3.8) is 0 Å². The molecule has 2 aromatic rings. The molecule has 1 saturated heterocycles. The van der Waals surface area contributed by atoms with Crippen LogP contribution in [0.25, 0.3) is 0 Å². The van der Waals surface area contributed by atoms with E-state index in [0.717, 1.165) is 25.2 Å². The largest absolute Gasteiger partial charge is 0.370 e. The highest BCUT2D eigenvalue weighted by atomic mass is 19.1. The molecular weight excluding hydrogens is 361 g/mol. The maximum absolute atomic E-state index is 13.7. The summed E-state index contributed by atoms with van der Waals surface area (Å²) in [5.41, 5.74) is 0.933. The average Bonchev–Trinajstić information content (AvgIpc) is 2.73. The third-order valence-corrected chi connectivity index (χ3v) is 4.76. The number of amides is 2. The van der Waals surface area contributed by atoms with Crippen molar-refractivity contribution in [3.05, 3.63) is 71.5 Å². The zero-order chi connectivity index (χ0) is 19.8. The molecule has 0 saturated carbocycles. The van der Waals surface area contributed by atoms with Gasteiger partial charge in [-0.3, -0.25) is 9.59 Å². The highest BCUT2D eigenvalue weighted by molar-refractivity contribution is 5.96. The van der Waals surface area contributed by atoms with Gasteiger partial charge in [0.2, 0.25) is 5.91 Å². The first kappa shape index (κ1) is 20.0. The number of halogens is 1. The van der Waals surface area contributed by atoms with E-state index in [2.05, 4.69) is 10.6 Å². The van der Waals surface area contributed by atoms with Gasteiger partial charge in [0.15, 0.2) is 0 Å². The van der Waals surface area contributed by atoms with Crippen molar-refractivity contribution < 1.29 is 23.6 Å². The van der Waals surface area contributed by atoms with Gasteiger partial charge in [0, 0.05) is 0 Å². The average molecular weight is 386 g/mol. The molecule has 7 heteroatoms. The maximum atomic E-state index is 13.7. The molecule has 148 valence electrons. The van der Waals surface area contributed by atoms with Crippen LogP contribution in [0.3, 0.4) is 0 Å². The fraction of sp³-hybridized carbons (Fsp3) is 0.333. The van der Waals surface area contributed by atoms with Crippen molar-refractivity contribution >= 4 is 11.8 Å².